The van der Waals surface area contributed by atoms with Crippen LogP contribution in [-0.2, 0) is 4.43 Å². The van der Waals surface area contributed by atoms with Crippen LogP contribution in [0.5, 0.6) is 0 Å². The van der Waals surface area contributed by atoms with Crippen LogP contribution in [0.4, 0.5) is 0 Å². The first kappa shape index (κ1) is 9.97. The molecule has 11 heavy (non-hydrogen) atoms. The summed E-state index contributed by atoms with van der Waals surface area (Å²) in [5.74, 6) is 0. The van der Waals surface area contributed by atoms with Gasteiger partial charge in [-0.25, -0.2) is 9.97 Å². The first-order valence-electron chi connectivity index (χ1n) is 2.89. The Labute approximate surface area is 97.2 Å². The van der Waals surface area contributed by atoms with E-state index in [4.69, 9.17) is 0 Å². The molecule has 2 nitrogen and oxygen atoms in total. The minimum Gasteiger partial charge on any atom is -0.230 e. The standard InChI is InChI=1S/C6H6I2N2S/c1-11-6-9-3-4(8)5(2-7)10-6/h3H,2H2,1H3. The van der Waals surface area contributed by atoms with Crippen molar-refractivity contribution < 1.29 is 0 Å². The third-order valence-electron chi connectivity index (χ3n) is 1.10. The average Bonchev–Trinajstić information content (AvgIpc) is 2.05. The van der Waals surface area contributed by atoms with Gasteiger partial charge in [-0.1, -0.05) is 34.4 Å². The largest absolute Gasteiger partial charge is 0.230 e. The van der Waals surface area contributed by atoms with Gasteiger partial charge in [0.2, 0.25) is 0 Å². The molecule has 0 aliphatic carbocycles. The highest BCUT2D eigenvalue weighted by Crippen LogP contribution is 2.15. The zero-order chi connectivity index (χ0) is 8.27. The Kier molecular flexibility index (Phi) is 4.36. The third-order valence-corrected chi connectivity index (χ3v) is 3.29. The molecular formula is C6H6I2N2S. The van der Waals surface area contributed by atoms with Gasteiger partial charge < -0.3 is 0 Å². The maximum Gasteiger partial charge on any atom is 0.187 e. The van der Waals surface area contributed by atoms with Crippen molar-refractivity contribution >= 4 is 56.9 Å². The number of hydrogen-bond donors (Lipinski definition) is 0. The molecule has 0 aliphatic rings. The highest BCUT2D eigenvalue weighted by atomic mass is 127. The minimum atomic E-state index is 0.858. The van der Waals surface area contributed by atoms with Gasteiger partial charge in [0.1, 0.15) is 0 Å². The monoisotopic (exact) mass is 392 g/mol. The fourth-order valence-corrected chi connectivity index (χ4v) is 2.70. The molecule has 0 fully saturated rings. The van der Waals surface area contributed by atoms with Crippen molar-refractivity contribution in [3.8, 4) is 0 Å². The second-order valence-corrected chi connectivity index (χ2v) is 4.48. The zero-order valence-electron chi connectivity index (χ0n) is 5.84. The lowest BCUT2D eigenvalue weighted by molar-refractivity contribution is 0.921. The van der Waals surface area contributed by atoms with E-state index in [-0.39, 0.29) is 0 Å². The molecule has 0 saturated heterocycles. The van der Waals surface area contributed by atoms with Crippen LogP contribution in [0, 0.1) is 3.57 Å². The highest BCUT2D eigenvalue weighted by molar-refractivity contribution is 14.1. The van der Waals surface area contributed by atoms with Gasteiger partial charge in [0.05, 0.1) is 9.26 Å². The molecule has 0 spiro atoms. The molecule has 0 radical (unpaired) electrons. The first-order valence-corrected chi connectivity index (χ1v) is 6.72. The summed E-state index contributed by atoms with van der Waals surface area (Å²) in [7, 11) is 0. The molecule has 0 aromatic carbocycles. The van der Waals surface area contributed by atoms with E-state index < -0.39 is 0 Å². The first-order chi connectivity index (χ1) is 5.27. The fraction of sp³-hybridized carbons (Fsp3) is 0.333. The predicted molar refractivity (Wildman–Crippen MR) is 64.3 cm³/mol. The van der Waals surface area contributed by atoms with Crippen molar-refractivity contribution in [3.63, 3.8) is 0 Å². The van der Waals surface area contributed by atoms with Gasteiger partial charge in [0.15, 0.2) is 5.16 Å². The zero-order valence-corrected chi connectivity index (χ0v) is 11.0. The molecule has 5 heteroatoms. The lowest BCUT2D eigenvalue weighted by Crippen LogP contribution is -1.94. The quantitative estimate of drug-likeness (QED) is 0.335. The molecule has 1 aromatic rings. The fourth-order valence-electron chi connectivity index (χ4n) is 0.576. The molecule has 1 aromatic heterocycles. The van der Waals surface area contributed by atoms with Crippen molar-refractivity contribution in [1.82, 2.24) is 9.97 Å². The molecule has 0 aliphatic heterocycles. The minimum absolute atomic E-state index is 0.858. The van der Waals surface area contributed by atoms with Gasteiger partial charge >= 0.3 is 0 Å². The lowest BCUT2D eigenvalue weighted by atomic mass is 10.5. The number of halogens is 2. The number of rotatable bonds is 2. The summed E-state index contributed by atoms with van der Waals surface area (Å²) in [6, 6.07) is 0. The number of alkyl halides is 1. The second-order valence-electron chi connectivity index (χ2n) is 1.78. The van der Waals surface area contributed by atoms with E-state index in [1.807, 2.05) is 12.5 Å². The molecule has 60 valence electrons. The Balaban J connectivity index is 3.02. The molecule has 0 bridgehead atoms. The van der Waals surface area contributed by atoms with Gasteiger partial charge in [0.25, 0.3) is 0 Å². The van der Waals surface area contributed by atoms with E-state index >= 15 is 0 Å². The summed E-state index contributed by atoms with van der Waals surface area (Å²) in [6.45, 7) is 0. The van der Waals surface area contributed by atoms with Gasteiger partial charge in [0, 0.05) is 10.6 Å². The van der Waals surface area contributed by atoms with Crippen LogP contribution in [0.25, 0.3) is 0 Å². The Hall–Kier alpha value is 0.890. The molecule has 0 atom stereocenters. The SMILES string of the molecule is CSc1ncc(I)c(CI)n1. The van der Waals surface area contributed by atoms with E-state index in [1.165, 1.54) is 0 Å². The van der Waals surface area contributed by atoms with E-state index in [0.29, 0.717) is 0 Å². The van der Waals surface area contributed by atoms with Gasteiger partial charge in [-0.2, -0.15) is 0 Å². The van der Waals surface area contributed by atoms with E-state index in [2.05, 4.69) is 55.1 Å². The topological polar surface area (TPSA) is 25.8 Å². The lowest BCUT2D eigenvalue weighted by Gasteiger charge is -1.99. The predicted octanol–water partition coefficient (Wildman–Crippen LogP) is 2.74. The van der Waals surface area contributed by atoms with Crippen LogP contribution in [0.3, 0.4) is 0 Å². The average molecular weight is 392 g/mol. The maximum atomic E-state index is 4.35. The van der Waals surface area contributed by atoms with Gasteiger partial charge in [-0.15, -0.1) is 0 Å². The van der Waals surface area contributed by atoms with Gasteiger partial charge in [-0.3, -0.25) is 0 Å². The maximum absolute atomic E-state index is 4.35. The number of aromatic nitrogens is 2. The Morgan fingerprint density at radius 3 is 2.91 bits per heavy atom. The summed E-state index contributed by atoms with van der Waals surface area (Å²) in [5.41, 5.74) is 1.13. The number of thioether (sulfide) groups is 1. The van der Waals surface area contributed by atoms with Crippen LogP contribution < -0.4 is 0 Å². The van der Waals surface area contributed by atoms with Gasteiger partial charge in [-0.05, 0) is 28.8 Å². The molecule has 0 amide bonds. The third kappa shape index (κ3) is 2.69. The summed E-state index contributed by atoms with van der Waals surface area (Å²) in [4.78, 5) is 8.49. The van der Waals surface area contributed by atoms with Crippen molar-refractivity contribution in [2.75, 3.05) is 6.26 Å². The molecule has 0 saturated carbocycles. The molecular weight excluding hydrogens is 386 g/mol. The van der Waals surface area contributed by atoms with Crippen LogP contribution >= 0.6 is 56.9 Å². The Bertz CT molecular complexity index is 254. The smallest absolute Gasteiger partial charge is 0.187 e. The molecule has 1 heterocycles. The van der Waals surface area contributed by atoms with Crippen molar-refractivity contribution in [2.45, 2.75) is 9.58 Å². The summed E-state index contributed by atoms with van der Waals surface area (Å²) in [6.07, 6.45) is 3.85. The number of nitrogens with zero attached hydrogens (tertiary/aromatic N) is 2. The summed E-state index contributed by atoms with van der Waals surface area (Å²) in [5, 5.41) is 0.858. The van der Waals surface area contributed by atoms with E-state index in [9.17, 15) is 0 Å². The Morgan fingerprint density at radius 2 is 2.36 bits per heavy atom. The van der Waals surface area contributed by atoms with Crippen LogP contribution in [0.15, 0.2) is 11.4 Å². The van der Waals surface area contributed by atoms with E-state index in [1.54, 1.807) is 11.8 Å². The molecule has 0 unspecified atom stereocenters. The second kappa shape index (κ2) is 4.80. The molecule has 1 rings (SSSR count). The Morgan fingerprint density at radius 1 is 1.64 bits per heavy atom. The van der Waals surface area contributed by atoms with Crippen LogP contribution in [0.2, 0.25) is 0 Å². The number of hydrogen-bond acceptors (Lipinski definition) is 3. The van der Waals surface area contributed by atoms with E-state index in [0.717, 1.165) is 18.8 Å². The van der Waals surface area contributed by atoms with Crippen LogP contribution in [0.1, 0.15) is 5.69 Å². The highest BCUT2D eigenvalue weighted by Gasteiger charge is 2.01. The normalized spacial score (nSPS) is 10.1. The summed E-state index contributed by atoms with van der Waals surface area (Å²) < 4.78 is 2.10. The van der Waals surface area contributed by atoms with Crippen molar-refractivity contribution in [2.24, 2.45) is 0 Å². The van der Waals surface area contributed by atoms with Crippen molar-refractivity contribution in [3.05, 3.63) is 15.5 Å². The van der Waals surface area contributed by atoms with Crippen molar-refractivity contribution in [1.29, 1.82) is 0 Å². The summed E-state index contributed by atoms with van der Waals surface area (Å²) >= 11 is 6.14. The van der Waals surface area contributed by atoms with Crippen LogP contribution in [-0.4, -0.2) is 16.2 Å². The molecule has 0 N–H and O–H groups in total.